The van der Waals surface area contributed by atoms with E-state index in [1.165, 1.54) is 6.21 Å². The van der Waals surface area contributed by atoms with Crippen LogP contribution in [0.2, 0.25) is 0 Å². The highest BCUT2D eigenvalue weighted by molar-refractivity contribution is 5.96. The normalized spacial score (nSPS) is 10.9. The van der Waals surface area contributed by atoms with Crippen LogP contribution in [0.3, 0.4) is 0 Å². The van der Waals surface area contributed by atoms with Crippen LogP contribution < -0.4 is 15.6 Å². The van der Waals surface area contributed by atoms with Gasteiger partial charge in [-0.2, -0.15) is 5.10 Å². The number of carbonyl (C=O) groups excluding carboxylic acids is 2. The predicted octanol–water partition coefficient (Wildman–Crippen LogP) is 3.60. The number of hydrogen-bond acceptors (Lipinski definition) is 5. The molecule has 0 unspecified atom stereocenters. The number of aromatic hydroxyl groups is 1. The summed E-state index contributed by atoms with van der Waals surface area (Å²) in [4.78, 5) is 26.0. The maximum atomic E-state index is 12.2. The van der Waals surface area contributed by atoms with Gasteiger partial charge in [-0.05, 0) is 50.2 Å². The van der Waals surface area contributed by atoms with E-state index < -0.39 is 0 Å². The fourth-order valence-corrected chi connectivity index (χ4v) is 2.64. The second kappa shape index (κ2) is 10.3. The number of anilines is 2. The number of carbonyl (C=O) groups is 2. The molecule has 0 aliphatic carbocycles. The van der Waals surface area contributed by atoms with Gasteiger partial charge < -0.3 is 15.3 Å². The van der Waals surface area contributed by atoms with E-state index >= 15 is 0 Å². The van der Waals surface area contributed by atoms with Crippen LogP contribution >= 0.6 is 0 Å². The molecule has 3 N–H and O–H groups in total. The first kappa shape index (κ1) is 21.9. The van der Waals surface area contributed by atoms with Crippen molar-refractivity contribution < 1.29 is 14.7 Å². The number of phenols is 1. The zero-order valence-electron chi connectivity index (χ0n) is 17.3. The van der Waals surface area contributed by atoms with Gasteiger partial charge in [0.2, 0.25) is 5.91 Å². The average Bonchev–Trinajstić information content (AvgIpc) is 2.70. The van der Waals surface area contributed by atoms with Gasteiger partial charge in [-0.1, -0.05) is 13.8 Å². The molecule has 29 heavy (non-hydrogen) atoms. The summed E-state index contributed by atoms with van der Waals surface area (Å²) in [7, 11) is 0. The Balaban J connectivity index is 1.98. The van der Waals surface area contributed by atoms with Crippen molar-refractivity contribution in [2.24, 2.45) is 11.0 Å². The number of hydrogen-bond donors (Lipinski definition) is 3. The van der Waals surface area contributed by atoms with Crippen molar-refractivity contribution in [2.45, 2.75) is 27.7 Å². The van der Waals surface area contributed by atoms with Crippen molar-refractivity contribution in [1.82, 2.24) is 5.43 Å². The maximum absolute atomic E-state index is 12.2. The van der Waals surface area contributed by atoms with Gasteiger partial charge in [0, 0.05) is 47.6 Å². The van der Waals surface area contributed by atoms with E-state index in [2.05, 4.69) is 34.6 Å². The molecular weight excluding hydrogens is 368 g/mol. The van der Waals surface area contributed by atoms with Crippen molar-refractivity contribution in [3.8, 4) is 5.75 Å². The van der Waals surface area contributed by atoms with Crippen molar-refractivity contribution in [3.63, 3.8) is 0 Å². The highest BCUT2D eigenvalue weighted by Gasteiger charge is 2.09. The fraction of sp³-hybridized carbons (Fsp3) is 0.318. The number of rotatable bonds is 8. The Morgan fingerprint density at radius 3 is 2.31 bits per heavy atom. The summed E-state index contributed by atoms with van der Waals surface area (Å²) in [5.74, 6) is -0.497. The van der Waals surface area contributed by atoms with Crippen molar-refractivity contribution in [3.05, 3.63) is 53.6 Å². The molecule has 0 saturated heterocycles. The minimum Gasteiger partial charge on any atom is -0.507 e. The van der Waals surface area contributed by atoms with Crippen LogP contribution in [0, 0.1) is 5.92 Å². The predicted molar refractivity (Wildman–Crippen MR) is 117 cm³/mol. The lowest BCUT2D eigenvalue weighted by atomic mass is 10.1. The van der Waals surface area contributed by atoms with Crippen LogP contribution in [-0.2, 0) is 4.79 Å². The van der Waals surface area contributed by atoms with Gasteiger partial charge in [0.05, 0.1) is 6.21 Å². The first-order chi connectivity index (χ1) is 13.8. The van der Waals surface area contributed by atoms with Gasteiger partial charge in [-0.15, -0.1) is 0 Å². The summed E-state index contributed by atoms with van der Waals surface area (Å²) in [6.07, 6.45) is 1.40. The van der Waals surface area contributed by atoms with E-state index in [0.717, 1.165) is 18.8 Å². The summed E-state index contributed by atoms with van der Waals surface area (Å²) in [5, 5.41) is 16.9. The molecular formula is C22H28N4O3. The number of benzene rings is 2. The Morgan fingerprint density at radius 2 is 1.76 bits per heavy atom. The van der Waals surface area contributed by atoms with E-state index in [1.807, 2.05) is 19.9 Å². The van der Waals surface area contributed by atoms with E-state index in [0.29, 0.717) is 16.8 Å². The zero-order chi connectivity index (χ0) is 21.4. The molecule has 0 aliphatic rings. The molecule has 0 aromatic heterocycles. The van der Waals surface area contributed by atoms with Crippen LogP contribution in [0.25, 0.3) is 0 Å². The lowest BCUT2D eigenvalue weighted by Gasteiger charge is -2.21. The molecule has 0 heterocycles. The number of hydrazone groups is 1. The van der Waals surface area contributed by atoms with E-state index in [9.17, 15) is 14.7 Å². The molecule has 0 spiro atoms. The van der Waals surface area contributed by atoms with Gasteiger partial charge in [0.15, 0.2) is 0 Å². The second-order valence-electron chi connectivity index (χ2n) is 6.84. The van der Waals surface area contributed by atoms with Crippen LogP contribution in [0.1, 0.15) is 43.6 Å². The molecule has 7 heteroatoms. The second-order valence-corrected chi connectivity index (χ2v) is 6.84. The monoisotopic (exact) mass is 396 g/mol. The molecule has 0 fully saturated rings. The molecule has 2 amide bonds. The Hall–Kier alpha value is -3.35. The first-order valence-corrected chi connectivity index (χ1v) is 9.68. The first-order valence-electron chi connectivity index (χ1n) is 9.68. The van der Waals surface area contributed by atoms with Crippen LogP contribution in [0.5, 0.6) is 5.75 Å². The minimum atomic E-state index is -0.387. The third-order valence-corrected chi connectivity index (χ3v) is 4.45. The number of nitrogens with one attached hydrogen (secondary N) is 2. The minimum absolute atomic E-state index is 0.0846. The Morgan fingerprint density at radius 1 is 1.10 bits per heavy atom. The maximum Gasteiger partial charge on any atom is 0.271 e. The highest BCUT2D eigenvalue weighted by atomic mass is 16.3. The molecule has 2 rings (SSSR count). The molecule has 0 radical (unpaired) electrons. The molecule has 0 atom stereocenters. The molecule has 7 nitrogen and oxygen atoms in total. The van der Waals surface area contributed by atoms with Crippen LogP contribution in [-0.4, -0.2) is 36.2 Å². The number of nitrogens with zero attached hydrogens (tertiary/aromatic N) is 2. The molecule has 2 aromatic carbocycles. The van der Waals surface area contributed by atoms with Crippen LogP contribution in [0.4, 0.5) is 11.4 Å². The average molecular weight is 396 g/mol. The third kappa shape index (κ3) is 6.07. The highest BCUT2D eigenvalue weighted by Crippen LogP contribution is 2.23. The molecule has 2 aromatic rings. The third-order valence-electron chi connectivity index (χ3n) is 4.45. The quantitative estimate of drug-likeness (QED) is 0.469. The number of phenolic OH excluding ortho intramolecular Hbond substituents is 1. The van der Waals surface area contributed by atoms with Crippen molar-refractivity contribution in [2.75, 3.05) is 23.3 Å². The van der Waals surface area contributed by atoms with E-state index in [-0.39, 0.29) is 23.5 Å². The summed E-state index contributed by atoms with van der Waals surface area (Å²) in [6, 6.07) is 11.9. The zero-order valence-corrected chi connectivity index (χ0v) is 17.3. The molecule has 0 bridgehead atoms. The lowest BCUT2D eigenvalue weighted by molar-refractivity contribution is -0.118. The lowest BCUT2D eigenvalue weighted by Crippen LogP contribution is -2.21. The van der Waals surface area contributed by atoms with Gasteiger partial charge in [-0.3, -0.25) is 9.59 Å². The smallest absolute Gasteiger partial charge is 0.271 e. The van der Waals surface area contributed by atoms with Crippen molar-refractivity contribution >= 4 is 29.4 Å². The summed E-state index contributed by atoms with van der Waals surface area (Å²) >= 11 is 0. The Labute approximate surface area is 171 Å². The fourth-order valence-electron chi connectivity index (χ4n) is 2.64. The van der Waals surface area contributed by atoms with Crippen LogP contribution in [0.15, 0.2) is 47.6 Å². The van der Waals surface area contributed by atoms with E-state index in [4.69, 9.17) is 0 Å². The largest absolute Gasteiger partial charge is 0.507 e. The summed E-state index contributed by atoms with van der Waals surface area (Å²) in [6.45, 7) is 9.42. The van der Waals surface area contributed by atoms with Gasteiger partial charge >= 0.3 is 0 Å². The Bertz CT molecular complexity index is 872. The van der Waals surface area contributed by atoms with Crippen molar-refractivity contribution in [1.29, 1.82) is 0 Å². The summed E-state index contributed by atoms with van der Waals surface area (Å²) in [5.41, 5.74) is 4.91. The Kier molecular flexibility index (Phi) is 7.77. The molecule has 0 aliphatic heterocycles. The van der Waals surface area contributed by atoms with Gasteiger partial charge in [-0.25, -0.2) is 5.43 Å². The topological polar surface area (TPSA) is 94.0 Å². The van der Waals surface area contributed by atoms with E-state index in [1.54, 1.807) is 36.4 Å². The SMILES string of the molecule is CCN(CC)c1ccc(C=NNC(=O)c2ccc(NC(=O)C(C)C)cc2)c(O)c1. The van der Waals surface area contributed by atoms with Gasteiger partial charge in [0.25, 0.3) is 5.91 Å². The number of amides is 2. The standard InChI is InChI=1S/C22H28N4O3/c1-5-26(6-2)19-12-9-17(20(27)13-19)14-23-25-22(29)16-7-10-18(11-8-16)24-21(28)15(3)4/h7-15,27H,5-6H2,1-4H3,(H,24,28)(H,25,29). The molecule has 0 saturated carbocycles. The molecule has 154 valence electrons. The van der Waals surface area contributed by atoms with Gasteiger partial charge in [0.1, 0.15) is 5.75 Å². The summed E-state index contributed by atoms with van der Waals surface area (Å²) < 4.78 is 0.